The van der Waals surface area contributed by atoms with E-state index in [0.717, 1.165) is 25.5 Å². The molecule has 2 N–H and O–H groups in total. The van der Waals surface area contributed by atoms with Crippen molar-refractivity contribution in [3.8, 4) is 0 Å². The maximum Gasteiger partial charge on any atom is 0.191 e. The minimum Gasteiger partial charge on any atom is -0.378 e. The second-order valence-electron chi connectivity index (χ2n) is 6.40. The second-order valence-corrected chi connectivity index (χ2v) is 7.77. The van der Waals surface area contributed by atoms with Crippen molar-refractivity contribution in [2.75, 3.05) is 13.7 Å². The van der Waals surface area contributed by atoms with Gasteiger partial charge in [-0.3, -0.25) is 4.99 Å². The van der Waals surface area contributed by atoms with Crippen molar-refractivity contribution in [1.29, 1.82) is 0 Å². The smallest absolute Gasteiger partial charge is 0.191 e. The number of thiophene rings is 1. The van der Waals surface area contributed by atoms with Gasteiger partial charge in [0, 0.05) is 34.9 Å². The number of nitrogens with zero attached hydrogens (tertiary/aromatic N) is 1. The number of rotatable bonds is 5. The molecule has 0 saturated heterocycles. The third-order valence-corrected chi connectivity index (χ3v) is 6.20. The lowest BCUT2D eigenvalue weighted by Crippen LogP contribution is -2.68. The number of halogens is 1. The van der Waals surface area contributed by atoms with Gasteiger partial charge in [0.05, 0.1) is 12.6 Å². The molecule has 0 bridgehead atoms. The summed E-state index contributed by atoms with van der Waals surface area (Å²) >= 11 is 1.84. The van der Waals surface area contributed by atoms with Crippen molar-refractivity contribution >= 4 is 41.3 Å². The van der Waals surface area contributed by atoms with Crippen LogP contribution in [0, 0.1) is 12.3 Å². The van der Waals surface area contributed by atoms with Gasteiger partial charge in [-0.2, -0.15) is 0 Å². The van der Waals surface area contributed by atoms with Gasteiger partial charge in [0.1, 0.15) is 0 Å². The number of aryl methyl sites for hydroxylation is 1. The average Bonchev–Trinajstić information content (AvgIpc) is 2.85. The van der Waals surface area contributed by atoms with E-state index in [1.807, 2.05) is 18.4 Å². The summed E-state index contributed by atoms with van der Waals surface area (Å²) in [6, 6.07) is 4.86. The van der Waals surface area contributed by atoms with E-state index < -0.39 is 0 Å². The minimum absolute atomic E-state index is 0. The predicted octanol–water partition coefficient (Wildman–Crippen LogP) is 3.69. The van der Waals surface area contributed by atoms with E-state index in [9.17, 15) is 0 Å². The fraction of sp³-hybridized carbons (Fsp3) is 0.706. The molecular formula is C17H28IN3OS. The Hall–Kier alpha value is -0.340. The van der Waals surface area contributed by atoms with E-state index in [1.54, 1.807) is 0 Å². The lowest BCUT2D eigenvalue weighted by molar-refractivity contribution is -0.168. The number of ether oxygens (including phenoxy) is 1. The molecule has 4 nitrogen and oxygen atoms in total. The first-order valence-electron chi connectivity index (χ1n) is 8.32. The molecule has 3 rings (SSSR count). The highest BCUT2D eigenvalue weighted by Gasteiger charge is 2.59. The highest BCUT2D eigenvalue weighted by molar-refractivity contribution is 14.0. The molecule has 1 aromatic heterocycles. The summed E-state index contributed by atoms with van der Waals surface area (Å²) in [4.78, 5) is 7.09. The van der Waals surface area contributed by atoms with Gasteiger partial charge >= 0.3 is 0 Å². The Morgan fingerprint density at radius 3 is 2.74 bits per heavy atom. The van der Waals surface area contributed by atoms with Gasteiger partial charge < -0.3 is 15.4 Å². The van der Waals surface area contributed by atoms with Gasteiger partial charge in [0.25, 0.3) is 0 Å². The quantitative estimate of drug-likeness (QED) is 0.410. The Morgan fingerprint density at radius 1 is 1.43 bits per heavy atom. The van der Waals surface area contributed by atoms with E-state index >= 15 is 0 Å². The van der Waals surface area contributed by atoms with Crippen LogP contribution in [0.5, 0.6) is 0 Å². The first-order chi connectivity index (χ1) is 10.7. The van der Waals surface area contributed by atoms with Gasteiger partial charge in [0.2, 0.25) is 0 Å². The van der Waals surface area contributed by atoms with Crippen LogP contribution in [0.2, 0.25) is 0 Å². The van der Waals surface area contributed by atoms with E-state index in [-0.39, 0.29) is 24.0 Å². The molecule has 2 aliphatic rings. The lowest BCUT2D eigenvalue weighted by atomic mass is 9.51. The van der Waals surface area contributed by atoms with Crippen molar-refractivity contribution in [3.63, 3.8) is 0 Å². The highest BCUT2D eigenvalue weighted by atomic mass is 127. The molecule has 2 fully saturated rings. The summed E-state index contributed by atoms with van der Waals surface area (Å²) in [6.45, 7) is 5.90. The van der Waals surface area contributed by atoms with Crippen LogP contribution in [-0.2, 0) is 11.3 Å². The zero-order chi connectivity index (χ0) is 15.6. The van der Waals surface area contributed by atoms with Gasteiger partial charge in [-0.25, -0.2) is 0 Å². The molecule has 1 aromatic rings. The molecule has 0 amide bonds. The van der Waals surface area contributed by atoms with Crippen LogP contribution in [0.4, 0.5) is 0 Å². The zero-order valence-electron chi connectivity index (χ0n) is 14.2. The Kier molecular flexibility index (Phi) is 6.74. The third-order valence-electron chi connectivity index (χ3n) is 5.20. The molecule has 23 heavy (non-hydrogen) atoms. The van der Waals surface area contributed by atoms with Crippen molar-refractivity contribution in [2.24, 2.45) is 10.4 Å². The Balaban J connectivity index is 0.00000192. The van der Waals surface area contributed by atoms with E-state index in [0.29, 0.717) is 17.6 Å². The number of nitrogens with one attached hydrogen (secondary N) is 2. The number of guanidine groups is 1. The summed E-state index contributed by atoms with van der Waals surface area (Å²) in [5, 5.41) is 7.06. The SMILES string of the molecule is CCOC1CC(NC(=NC)NCc2ccc(C)s2)C12CCC2.I. The standard InChI is InChI=1S/C17H27N3OS.HI/c1-4-21-15-10-14(17(15)8-5-9-17)20-16(18-3)19-11-13-7-6-12(2)22-13;/h6-7,14-15H,4-5,8-11H2,1-3H3,(H2,18,19,20);1H. The van der Waals surface area contributed by atoms with Gasteiger partial charge in [0.15, 0.2) is 5.96 Å². The average molecular weight is 449 g/mol. The molecule has 2 aliphatic carbocycles. The molecule has 1 heterocycles. The highest BCUT2D eigenvalue weighted by Crippen LogP contribution is 2.57. The van der Waals surface area contributed by atoms with E-state index in [1.165, 1.54) is 29.0 Å². The monoisotopic (exact) mass is 449 g/mol. The van der Waals surface area contributed by atoms with E-state index in [2.05, 4.69) is 41.6 Å². The first-order valence-corrected chi connectivity index (χ1v) is 9.13. The summed E-state index contributed by atoms with van der Waals surface area (Å²) in [5.74, 6) is 0.914. The topological polar surface area (TPSA) is 45.6 Å². The van der Waals surface area contributed by atoms with Crippen LogP contribution in [0.25, 0.3) is 0 Å². The summed E-state index contributed by atoms with van der Waals surface area (Å²) in [6.07, 6.45) is 5.46. The number of aliphatic imine (C=N–C) groups is 1. The van der Waals surface area contributed by atoms with Gasteiger partial charge in [-0.15, -0.1) is 35.3 Å². The van der Waals surface area contributed by atoms with Gasteiger partial charge in [-0.1, -0.05) is 6.42 Å². The molecule has 0 aromatic carbocycles. The third kappa shape index (κ3) is 3.85. The molecule has 2 saturated carbocycles. The molecule has 0 radical (unpaired) electrons. The largest absolute Gasteiger partial charge is 0.378 e. The molecule has 6 heteroatoms. The van der Waals surface area contributed by atoms with Crippen molar-refractivity contribution in [3.05, 3.63) is 21.9 Å². The first kappa shape index (κ1) is 19.0. The summed E-state index contributed by atoms with van der Waals surface area (Å²) in [7, 11) is 1.85. The van der Waals surface area contributed by atoms with Crippen LogP contribution in [0.15, 0.2) is 17.1 Å². The van der Waals surface area contributed by atoms with Crippen LogP contribution in [0.1, 0.15) is 42.4 Å². The van der Waals surface area contributed by atoms with Crippen molar-refractivity contribution in [1.82, 2.24) is 10.6 Å². The zero-order valence-corrected chi connectivity index (χ0v) is 17.4. The van der Waals surface area contributed by atoms with Crippen molar-refractivity contribution < 1.29 is 4.74 Å². The predicted molar refractivity (Wildman–Crippen MR) is 108 cm³/mol. The Labute approximate surface area is 160 Å². The molecule has 2 atom stereocenters. The minimum atomic E-state index is 0. The fourth-order valence-corrected chi connectivity index (χ4v) is 4.58. The number of hydrogen-bond acceptors (Lipinski definition) is 3. The maximum atomic E-state index is 5.91. The Morgan fingerprint density at radius 2 is 2.22 bits per heavy atom. The van der Waals surface area contributed by atoms with Crippen molar-refractivity contribution in [2.45, 2.75) is 58.2 Å². The molecule has 1 spiro atoms. The van der Waals surface area contributed by atoms with Crippen LogP contribution in [-0.4, -0.2) is 31.8 Å². The van der Waals surface area contributed by atoms with Gasteiger partial charge in [-0.05, 0) is 45.2 Å². The second kappa shape index (κ2) is 8.16. The normalized spacial score (nSPS) is 25.3. The lowest BCUT2D eigenvalue weighted by Gasteiger charge is -2.61. The van der Waals surface area contributed by atoms with Crippen LogP contribution in [0.3, 0.4) is 0 Å². The summed E-state index contributed by atoms with van der Waals surface area (Å²) < 4.78 is 5.91. The van der Waals surface area contributed by atoms with Crippen LogP contribution < -0.4 is 10.6 Å². The molecular weight excluding hydrogens is 421 g/mol. The maximum absolute atomic E-state index is 5.91. The fourth-order valence-electron chi connectivity index (χ4n) is 3.75. The van der Waals surface area contributed by atoms with E-state index in [4.69, 9.17) is 4.74 Å². The molecule has 0 aliphatic heterocycles. The molecule has 130 valence electrons. The Bertz CT molecular complexity index is 542. The molecule has 2 unspecified atom stereocenters. The number of hydrogen-bond donors (Lipinski definition) is 2. The van der Waals surface area contributed by atoms with Crippen LogP contribution >= 0.6 is 35.3 Å². The summed E-state index contributed by atoms with van der Waals surface area (Å²) in [5.41, 5.74) is 0.368.